The van der Waals surface area contributed by atoms with Gasteiger partial charge >= 0.3 is 0 Å². The summed E-state index contributed by atoms with van der Waals surface area (Å²) in [7, 11) is 2.19. The van der Waals surface area contributed by atoms with E-state index in [1.807, 2.05) is 0 Å². The van der Waals surface area contributed by atoms with E-state index in [4.69, 9.17) is 4.74 Å². The van der Waals surface area contributed by atoms with E-state index < -0.39 is 0 Å². The number of rotatable bonds is 3. The molecule has 1 rings (SSSR count). The lowest BCUT2D eigenvalue weighted by molar-refractivity contribution is 0.0150. The minimum Gasteiger partial charge on any atom is -0.374 e. The van der Waals surface area contributed by atoms with Crippen molar-refractivity contribution in [3.8, 4) is 0 Å². The minimum absolute atomic E-state index is 0.374. The molecule has 0 aliphatic carbocycles. The molecule has 0 saturated carbocycles. The number of ether oxygens (including phenoxy) is 1. The van der Waals surface area contributed by atoms with Crippen LogP contribution in [0.2, 0.25) is 0 Å². The Bertz CT molecular complexity index is 136. The first-order chi connectivity index (χ1) is 5.63. The van der Waals surface area contributed by atoms with Crippen molar-refractivity contribution in [2.75, 3.05) is 13.6 Å². The van der Waals surface area contributed by atoms with Crippen LogP contribution in [-0.2, 0) is 4.74 Å². The highest BCUT2D eigenvalue weighted by Crippen LogP contribution is 2.21. The van der Waals surface area contributed by atoms with Gasteiger partial charge < -0.3 is 9.64 Å². The van der Waals surface area contributed by atoms with Crippen LogP contribution < -0.4 is 0 Å². The molecule has 0 amide bonds. The van der Waals surface area contributed by atoms with Crippen LogP contribution >= 0.6 is 0 Å². The van der Waals surface area contributed by atoms with Crippen molar-refractivity contribution < 1.29 is 4.74 Å². The first-order valence-electron chi connectivity index (χ1n) is 4.99. The fourth-order valence-corrected chi connectivity index (χ4v) is 1.99. The van der Waals surface area contributed by atoms with Gasteiger partial charge in [-0.2, -0.15) is 0 Å². The molecule has 0 aromatic heterocycles. The van der Waals surface area contributed by atoms with Crippen molar-refractivity contribution >= 4 is 0 Å². The van der Waals surface area contributed by atoms with Crippen molar-refractivity contribution in [3.05, 3.63) is 0 Å². The lowest BCUT2D eigenvalue weighted by atomic mass is 10.1. The smallest absolute Gasteiger partial charge is 0.0720 e. The van der Waals surface area contributed by atoms with E-state index in [1.165, 1.54) is 12.8 Å². The fraction of sp³-hybridized carbons (Fsp3) is 1.00. The molecule has 12 heavy (non-hydrogen) atoms. The molecule has 0 N–H and O–H groups in total. The first kappa shape index (κ1) is 10.0. The molecular weight excluding hydrogens is 150 g/mol. The molecule has 2 atom stereocenters. The highest BCUT2D eigenvalue weighted by atomic mass is 16.5. The molecule has 1 aliphatic rings. The summed E-state index contributed by atoms with van der Waals surface area (Å²) in [5.74, 6) is 0. The van der Waals surface area contributed by atoms with E-state index in [2.05, 4.69) is 32.7 Å². The average molecular weight is 171 g/mol. The summed E-state index contributed by atoms with van der Waals surface area (Å²) in [6.45, 7) is 7.58. The zero-order chi connectivity index (χ0) is 9.14. The third-order valence-electron chi connectivity index (χ3n) is 2.59. The number of hydrogen-bond acceptors (Lipinski definition) is 2. The van der Waals surface area contributed by atoms with Crippen LogP contribution in [0.1, 0.15) is 33.6 Å². The van der Waals surface area contributed by atoms with E-state index in [0.29, 0.717) is 12.2 Å². The Morgan fingerprint density at radius 2 is 2.17 bits per heavy atom. The summed E-state index contributed by atoms with van der Waals surface area (Å²) in [6, 6.07) is 0.744. The van der Waals surface area contributed by atoms with Gasteiger partial charge in [0.15, 0.2) is 0 Å². The standard InChI is InChI=1S/C10H21NO/c1-5-9-6-10(7-11(9)4)12-8(2)3/h8-10H,5-7H2,1-4H3. The van der Waals surface area contributed by atoms with Crippen molar-refractivity contribution in [3.63, 3.8) is 0 Å². The molecule has 0 bridgehead atoms. The largest absolute Gasteiger partial charge is 0.374 e. The van der Waals surface area contributed by atoms with Gasteiger partial charge in [0.1, 0.15) is 0 Å². The van der Waals surface area contributed by atoms with E-state index in [0.717, 1.165) is 12.6 Å². The Labute approximate surface area is 75.9 Å². The second kappa shape index (κ2) is 4.24. The third-order valence-corrected chi connectivity index (χ3v) is 2.59. The molecule has 2 heteroatoms. The molecule has 1 heterocycles. The number of likely N-dealkylation sites (tertiary alicyclic amines) is 1. The highest BCUT2D eigenvalue weighted by molar-refractivity contribution is 4.83. The van der Waals surface area contributed by atoms with Crippen LogP contribution in [0.15, 0.2) is 0 Å². The topological polar surface area (TPSA) is 12.5 Å². The maximum Gasteiger partial charge on any atom is 0.0720 e. The summed E-state index contributed by atoms with van der Waals surface area (Å²) in [6.07, 6.45) is 3.30. The fourth-order valence-electron chi connectivity index (χ4n) is 1.99. The molecule has 2 unspecified atom stereocenters. The molecule has 0 aromatic carbocycles. The summed E-state index contributed by atoms with van der Waals surface area (Å²) in [4.78, 5) is 2.41. The minimum atomic E-state index is 0.374. The Morgan fingerprint density at radius 1 is 1.50 bits per heavy atom. The van der Waals surface area contributed by atoms with Crippen LogP contribution in [0.3, 0.4) is 0 Å². The van der Waals surface area contributed by atoms with Gasteiger partial charge in [0, 0.05) is 12.6 Å². The van der Waals surface area contributed by atoms with Crippen molar-refractivity contribution in [2.45, 2.75) is 51.9 Å². The normalized spacial score (nSPS) is 31.8. The number of nitrogens with zero attached hydrogens (tertiary/aromatic N) is 1. The quantitative estimate of drug-likeness (QED) is 0.643. The molecular formula is C10H21NO. The van der Waals surface area contributed by atoms with Crippen LogP contribution in [0.25, 0.3) is 0 Å². The monoisotopic (exact) mass is 171 g/mol. The Morgan fingerprint density at radius 3 is 2.58 bits per heavy atom. The molecule has 1 aliphatic heterocycles. The van der Waals surface area contributed by atoms with Gasteiger partial charge in [-0.1, -0.05) is 6.92 Å². The van der Waals surface area contributed by atoms with Gasteiger partial charge in [-0.15, -0.1) is 0 Å². The summed E-state index contributed by atoms with van der Waals surface area (Å²) >= 11 is 0. The van der Waals surface area contributed by atoms with Crippen molar-refractivity contribution in [1.29, 1.82) is 0 Å². The predicted molar refractivity (Wildman–Crippen MR) is 51.3 cm³/mol. The molecule has 2 nitrogen and oxygen atoms in total. The molecule has 0 aromatic rings. The maximum atomic E-state index is 5.77. The van der Waals surface area contributed by atoms with Crippen LogP contribution in [0, 0.1) is 0 Å². The molecule has 1 saturated heterocycles. The summed E-state index contributed by atoms with van der Waals surface area (Å²) in [5.41, 5.74) is 0. The van der Waals surface area contributed by atoms with Crippen molar-refractivity contribution in [1.82, 2.24) is 4.90 Å². The summed E-state index contributed by atoms with van der Waals surface area (Å²) < 4.78 is 5.77. The molecule has 0 radical (unpaired) electrons. The van der Waals surface area contributed by atoms with Crippen molar-refractivity contribution in [2.24, 2.45) is 0 Å². The highest BCUT2D eigenvalue weighted by Gasteiger charge is 2.28. The zero-order valence-corrected chi connectivity index (χ0v) is 8.71. The zero-order valence-electron chi connectivity index (χ0n) is 8.71. The van der Waals surface area contributed by atoms with E-state index in [-0.39, 0.29) is 0 Å². The Kier molecular flexibility index (Phi) is 3.53. The lowest BCUT2D eigenvalue weighted by Crippen LogP contribution is -2.25. The van der Waals surface area contributed by atoms with Gasteiger partial charge in [-0.25, -0.2) is 0 Å². The van der Waals surface area contributed by atoms with E-state index in [9.17, 15) is 0 Å². The lowest BCUT2D eigenvalue weighted by Gasteiger charge is -2.15. The third kappa shape index (κ3) is 2.46. The van der Waals surface area contributed by atoms with Crippen LogP contribution in [0.5, 0.6) is 0 Å². The Hall–Kier alpha value is -0.0800. The van der Waals surface area contributed by atoms with E-state index in [1.54, 1.807) is 0 Å². The number of likely N-dealkylation sites (N-methyl/N-ethyl adjacent to an activating group) is 1. The SMILES string of the molecule is CCC1CC(OC(C)C)CN1C. The maximum absolute atomic E-state index is 5.77. The van der Waals surface area contributed by atoms with Gasteiger partial charge in [-0.05, 0) is 33.7 Å². The Balaban J connectivity index is 2.33. The second-order valence-electron chi connectivity index (χ2n) is 4.04. The average Bonchev–Trinajstić information content (AvgIpc) is 2.29. The molecule has 1 fully saturated rings. The van der Waals surface area contributed by atoms with Crippen LogP contribution in [0.4, 0.5) is 0 Å². The number of hydrogen-bond donors (Lipinski definition) is 0. The first-order valence-corrected chi connectivity index (χ1v) is 4.99. The predicted octanol–water partition coefficient (Wildman–Crippen LogP) is 1.89. The molecule has 72 valence electrons. The van der Waals surface area contributed by atoms with Gasteiger partial charge in [0.2, 0.25) is 0 Å². The van der Waals surface area contributed by atoms with Gasteiger partial charge in [0.05, 0.1) is 12.2 Å². The van der Waals surface area contributed by atoms with Gasteiger partial charge in [-0.3, -0.25) is 0 Å². The summed E-state index contributed by atoms with van der Waals surface area (Å²) in [5, 5.41) is 0. The van der Waals surface area contributed by atoms with E-state index >= 15 is 0 Å². The van der Waals surface area contributed by atoms with Gasteiger partial charge in [0.25, 0.3) is 0 Å². The molecule has 0 spiro atoms. The van der Waals surface area contributed by atoms with Crippen LogP contribution in [-0.4, -0.2) is 36.7 Å². The second-order valence-corrected chi connectivity index (χ2v) is 4.04.